The Bertz CT molecular complexity index is 1060. The highest BCUT2D eigenvalue weighted by molar-refractivity contribution is 9.10. The Morgan fingerprint density at radius 2 is 2.19 bits per heavy atom. The number of anilines is 1. The Labute approximate surface area is 165 Å². The molecule has 7 nitrogen and oxygen atoms in total. The minimum absolute atomic E-state index is 0.0458. The minimum atomic E-state index is -3.05. The number of fused-ring (bicyclic) bond motifs is 1. The summed E-state index contributed by atoms with van der Waals surface area (Å²) >= 11 is 3.41. The van der Waals surface area contributed by atoms with Gasteiger partial charge in [-0.1, -0.05) is 15.9 Å². The number of carbonyl (C=O) groups excluding carboxylic acids is 1. The Balaban J connectivity index is 1.57. The normalized spacial score (nSPS) is 20.5. The first kappa shape index (κ1) is 18.2. The van der Waals surface area contributed by atoms with Gasteiger partial charge in [0.15, 0.2) is 9.84 Å². The molecule has 2 aliphatic heterocycles. The first-order chi connectivity index (χ1) is 12.8. The standard InChI is InChI=1S/C18H18BrN3O4S/c1-11-6-17(22(21-11)15-4-5-27(24,25)10-15)20-18(23)13-7-12-8-14(19)2-3-16(12)26-9-13/h2-3,6-8,15H,4-5,9-10H2,1H3,(H,20,23). The van der Waals surface area contributed by atoms with Crippen LogP contribution in [0.5, 0.6) is 5.75 Å². The molecule has 9 heteroatoms. The third-order valence-electron chi connectivity index (χ3n) is 4.63. The molecule has 0 bridgehead atoms. The summed E-state index contributed by atoms with van der Waals surface area (Å²) in [5.74, 6) is 1.13. The first-order valence-corrected chi connectivity index (χ1v) is 11.1. The summed E-state index contributed by atoms with van der Waals surface area (Å²) in [5.41, 5.74) is 2.04. The van der Waals surface area contributed by atoms with Crippen LogP contribution in [0, 0.1) is 6.92 Å². The predicted molar refractivity (Wildman–Crippen MR) is 106 cm³/mol. The minimum Gasteiger partial charge on any atom is -0.488 e. The lowest BCUT2D eigenvalue weighted by molar-refractivity contribution is -0.113. The Hall–Kier alpha value is -2.13. The van der Waals surface area contributed by atoms with Crippen molar-refractivity contribution in [1.82, 2.24) is 9.78 Å². The molecule has 1 unspecified atom stereocenters. The van der Waals surface area contributed by atoms with Crippen molar-refractivity contribution in [2.75, 3.05) is 23.4 Å². The van der Waals surface area contributed by atoms with Crippen LogP contribution in [0.2, 0.25) is 0 Å². The Morgan fingerprint density at radius 1 is 1.37 bits per heavy atom. The molecule has 1 fully saturated rings. The number of carbonyl (C=O) groups is 1. The summed E-state index contributed by atoms with van der Waals surface area (Å²) in [4.78, 5) is 12.7. The lowest BCUT2D eigenvalue weighted by atomic mass is 10.1. The maximum absolute atomic E-state index is 12.7. The van der Waals surface area contributed by atoms with Gasteiger partial charge in [-0.2, -0.15) is 5.10 Å². The van der Waals surface area contributed by atoms with Crippen LogP contribution >= 0.6 is 15.9 Å². The summed E-state index contributed by atoms with van der Waals surface area (Å²) in [6.07, 6.45) is 2.30. The molecular weight excluding hydrogens is 434 g/mol. The molecule has 3 heterocycles. The van der Waals surface area contributed by atoms with Crippen molar-refractivity contribution in [3.05, 3.63) is 45.6 Å². The quantitative estimate of drug-likeness (QED) is 0.774. The second-order valence-corrected chi connectivity index (χ2v) is 9.91. The summed E-state index contributed by atoms with van der Waals surface area (Å²) < 4.78 is 31.8. The SMILES string of the molecule is Cc1cc(NC(=O)C2=Cc3cc(Br)ccc3OC2)n(C2CCS(=O)(=O)C2)n1. The molecule has 1 aromatic heterocycles. The number of ether oxygens (including phenoxy) is 1. The van der Waals surface area contributed by atoms with Gasteiger partial charge in [0.05, 0.1) is 28.8 Å². The van der Waals surface area contributed by atoms with Crippen molar-refractivity contribution in [3.63, 3.8) is 0 Å². The van der Waals surface area contributed by atoms with E-state index >= 15 is 0 Å². The number of nitrogens with zero attached hydrogens (tertiary/aromatic N) is 2. The lowest BCUT2D eigenvalue weighted by Gasteiger charge is -2.19. The van der Waals surface area contributed by atoms with Crippen LogP contribution in [-0.2, 0) is 14.6 Å². The third-order valence-corrected chi connectivity index (χ3v) is 6.87. The van der Waals surface area contributed by atoms with Crippen molar-refractivity contribution >= 4 is 43.6 Å². The van der Waals surface area contributed by atoms with Gasteiger partial charge in [-0.25, -0.2) is 13.1 Å². The van der Waals surface area contributed by atoms with Crippen LogP contribution in [0.3, 0.4) is 0 Å². The van der Waals surface area contributed by atoms with Crippen molar-refractivity contribution in [2.45, 2.75) is 19.4 Å². The van der Waals surface area contributed by atoms with Crippen molar-refractivity contribution in [2.24, 2.45) is 0 Å². The van der Waals surface area contributed by atoms with Crippen LogP contribution < -0.4 is 10.1 Å². The van der Waals surface area contributed by atoms with Crippen molar-refractivity contribution in [3.8, 4) is 5.75 Å². The fourth-order valence-electron chi connectivity index (χ4n) is 3.33. The van der Waals surface area contributed by atoms with Gasteiger partial charge in [-0.3, -0.25) is 4.79 Å². The summed E-state index contributed by atoms with van der Waals surface area (Å²) in [6, 6.07) is 7.11. The fourth-order valence-corrected chi connectivity index (χ4v) is 5.40. The summed E-state index contributed by atoms with van der Waals surface area (Å²) in [5, 5.41) is 7.24. The highest BCUT2D eigenvalue weighted by Gasteiger charge is 2.31. The second-order valence-electron chi connectivity index (χ2n) is 6.77. The van der Waals surface area contributed by atoms with Crippen LogP contribution in [-0.4, -0.2) is 42.2 Å². The Morgan fingerprint density at radius 3 is 2.93 bits per heavy atom. The van der Waals surface area contributed by atoms with Gasteiger partial charge >= 0.3 is 0 Å². The van der Waals surface area contributed by atoms with E-state index in [2.05, 4.69) is 26.3 Å². The average molecular weight is 452 g/mol. The van der Waals surface area contributed by atoms with E-state index in [4.69, 9.17) is 4.74 Å². The smallest absolute Gasteiger partial charge is 0.256 e. The number of rotatable bonds is 3. The van der Waals surface area contributed by atoms with E-state index < -0.39 is 9.84 Å². The molecule has 0 radical (unpaired) electrons. The number of aromatic nitrogens is 2. The number of nitrogens with one attached hydrogen (secondary N) is 1. The van der Waals surface area contributed by atoms with E-state index in [0.717, 1.165) is 21.5 Å². The predicted octanol–water partition coefficient (Wildman–Crippen LogP) is 2.73. The summed E-state index contributed by atoms with van der Waals surface area (Å²) in [7, 11) is -3.05. The van der Waals surface area contributed by atoms with Crippen LogP contribution in [0.4, 0.5) is 5.82 Å². The van der Waals surface area contributed by atoms with Gasteiger partial charge in [0.25, 0.3) is 5.91 Å². The number of amides is 1. The Kier molecular flexibility index (Phi) is 4.59. The number of sulfone groups is 1. The van der Waals surface area contributed by atoms with Gasteiger partial charge in [0.1, 0.15) is 18.2 Å². The van der Waals surface area contributed by atoms with Crippen LogP contribution in [0.15, 0.2) is 34.3 Å². The maximum Gasteiger partial charge on any atom is 0.256 e. The zero-order chi connectivity index (χ0) is 19.2. The van der Waals surface area contributed by atoms with E-state index in [1.54, 1.807) is 16.8 Å². The molecule has 4 rings (SSSR count). The topological polar surface area (TPSA) is 90.3 Å². The average Bonchev–Trinajstić information content (AvgIpc) is 3.15. The molecule has 1 atom stereocenters. The van der Waals surface area contributed by atoms with Gasteiger partial charge in [-0.15, -0.1) is 0 Å². The van der Waals surface area contributed by atoms with Gasteiger partial charge in [0, 0.05) is 16.1 Å². The van der Waals surface area contributed by atoms with E-state index in [0.29, 0.717) is 17.8 Å². The fraction of sp³-hybridized carbons (Fsp3) is 0.333. The number of benzene rings is 1. The van der Waals surface area contributed by atoms with Crippen molar-refractivity contribution in [1.29, 1.82) is 0 Å². The van der Waals surface area contributed by atoms with Crippen LogP contribution in [0.1, 0.15) is 23.7 Å². The lowest BCUT2D eigenvalue weighted by Crippen LogP contribution is -2.24. The zero-order valence-electron chi connectivity index (χ0n) is 14.6. The van der Waals surface area contributed by atoms with Gasteiger partial charge in [-0.05, 0) is 37.6 Å². The van der Waals surface area contributed by atoms with E-state index in [-0.39, 0.29) is 30.1 Å². The van der Waals surface area contributed by atoms with Gasteiger partial charge in [0.2, 0.25) is 0 Å². The molecule has 27 heavy (non-hydrogen) atoms. The molecule has 1 aromatic carbocycles. The molecule has 2 aliphatic rings. The third kappa shape index (κ3) is 3.79. The highest BCUT2D eigenvalue weighted by Crippen LogP contribution is 2.30. The van der Waals surface area contributed by atoms with Crippen LogP contribution in [0.25, 0.3) is 6.08 Å². The first-order valence-electron chi connectivity index (χ1n) is 8.51. The van der Waals surface area contributed by atoms with E-state index in [9.17, 15) is 13.2 Å². The molecule has 2 aromatic rings. The molecule has 1 saturated heterocycles. The van der Waals surface area contributed by atoms with Gasteiger partial charge < -0.3 is 10.1 Å². The number of hydrogen-bond acceptors (Lipinski definition) is 5. The molecular formula is C18H18BrN3O4S. The molecule has 0 spiro atoms. The number of aryl methyl sites for hydroxylation is 1. The molecule has 1 amide bonds. The number of halogens is 1. The van der Waals surface area contributed by atoms with E-state index in [1.807, 2.05) is 25.1 Å². The van der Waals surface area contributed by atoms with Crippen molar-refractivity contribution < 1.29 is 17.9 Å². The largest absolute Gasteiger partial charge is 0.488 e. The highest BCUT2D eigenvalue weighted by atomic mass is 79.9. The second kappa shape index (κ2) is 6.79. The monoisotopic (exact) mass is 451 g/mol. The number of hydrogen-bond donors (Lipinski definition) is 1. The zero-order valence-corrected chi connectivity index (χ0v) is 17.0. The molecule has 0 saturated carbocycles. The summed E-state index contributed by atoms with van der Waals surface area (Å²) in [6.45, 7) is 1.98. The molecule has 0 aliphatic carbocycles. The maximum atomic E-state index is 12.7. The molecule has 1 N–H and O–H groups in total. The molecule has 142 valence electrons. The van der Waals surface area contributed by atoms with E-state index in [1.165, 1.54) is 0 Å².